The highest BCUT2D eigenvalue weighted by Crippen LogP contribution is 2.49. The van der Waals surface area contributed by atoms with E-state index in [-0.39, 0.29) is 28.9 Å². The Labute approximate surface area is 222 Å². The van der Waals surface area contributed by atoms with Crippen molar-refractivity contribution in [3.8, 4) is 5.75 Å². The van der Waals surface area contributed by atoms with Crippen LogP contribution in [0.5, 0.6) is 5.75 Å². The second-order valence-electron chi connectivity index (χ2n) is 10.3. The normalized spacial score (nSPS) is 34.5. The standard InChI is InChI=1S/C27H29NO11/c1-10-22(31)13(28)6-17(38-10)39-15-8-27(36,16(30)9-29)7-12-19(15)26(35)21-20(24(12)33)23(32)11-4-3-5-14(37-2)18(11)25(21)34/h3-5,10,13,15,17,19,22,29,31,33,36H,6-9,28H2,1-2H3/t10?,13-,15+,17+,19?,22-,27+/m1/s1. The number of fused-ring (bicyclic) bond motifs is 2. The van der Waals surface area contributed by atoms with Gasteiger partial charge in [-0.15, -0.1) is 0 Å². The number of allylic oxidation sites excluding steroid dienone is 2. The Kier molecular flexibility index (Phi) is 6.82. The molecular formula is C27H29NO11. The summed E-state index contributed by atoms with van der Waals surface area (Å²) in [6, 6.07) is 3.59. The molecule has 0 aromatic heterocycles. The predicted octanol–water partition coefficient (Wildman–Crippen LogP) is -0.324. The average Bonchev–Trinajstić information content (AvgIpc) is 2.90. The number of hydrogen-bond acceptors (Lipinski definition) is 12. The van der Waals surface area contributed by atoms with Crippen LogP contribution in [0.15, 0.2) is 40.7 Å². The molecule has 1 aromatic carbocycles. The number of carbonyl (C=O) groups excluding carboxylic acids is 4. The number of aliphatic hydroxyl groups excluding tert-OH is 3. The van der Waals surface area contributed by atoms with Gasteiger partial charge in [0.2, 0.25) is 5.78 Å². The minimum absolute atomic E-state index is 0.0102. The van der Waals surface area contributed by atoms with E-state index >= 15 is 0 Å². The van der Waals surface area contributed by atoms with Crippen molar-refractivity contribution in [3.05, 3.63) is 51.8 Å². The molecule has 2 unspecified atom stereocenters. The molecule has 7 atom stereocenters. The van der Waals surface area contributed by atoms with Gasteiger partial charge in [-0.05, 0) is 18.6 Å². The summed E-state index contributed by atoms with van der Waals surface area (Å²) in [6.07, 6.45) is -5.13. The number of hydrogen-bond donors (Lipinski definition) is 5. The Bertz CT molecular complexity index is 1330. The number of nitrogens with two attached hydrogens (primary N) is 1. The summed E-state index contributed by atoms with van der Waals surface area (Å²) >= 11 is 0. The predicted molar refractivity (Wildman–Crippen MR) is 131 cm³/mol. The van der Waals surface area contributed by atoms with Crippen molar-refractivity contribution in [3.63, 3.8) is 0 Å². The Morgan fingerprint density at radius 2 is 1.92 bits per heavy atom. The summed E-state index contributed by atoms with van der Waals surface area (Å²) in [5.74, 6) is -5.39. The molecule has 0 amide bonds. The third-order valence-electron chi connectivity index (χ3n) is 8.00. The van der Waals surface area contributed by atoms with Crippen LogP contribution < -0.4 is 10.5 Å². The zero-order valence-corrected chi connectivity index (χ0v) is 21.2. The lowest BCUT2D eigenvalue weighted by molar-refractivity contribution is -0.251. The summed E-state index contributed by atoms with van der Waals surface area (Å²) in [6.45, 7) is 0.548. The molecule has 3 aliphatic carbocycles. The molecule has 1 heterocycles. The molecule has 1 aromatic rings. The van der Waals surface area contributed by atoms with Crippen molar-refractivity contribution in [2.45, 2.75) is 62.4 Å². The van der Waals surface area contributed by atoms with Crippen molar-refractivity contribution >= 4 is 23.1 Å². The van der Waals surface area contributed by atoms with Gasteiger partial charge in [0, 0.05) is 30.9 Å². The Morgan fingerprint density at radius 3 is 2.56 bits per heavy atom. The highest BCUT2D eigenvalue weighted by atomic mass is 16.7. The van der Waals surface area contributed by atoms with Gasteiger partial charge in [-0.25, -0.2) is 0 Å². The van der Waals surface area contributed by atoms with Gasteiger partial charge >= 0.3 is 0 Å². The first-order valence-electron chi connectivity index (χ1n) is 12.5. The number of carbonyl (C=O) groups is 4. The van der Waals surface area contributed by atoms with Crippen molar-refractivity contribution < 1.29 is 53.8 Å². The largest absolute Gasteiger partial charge is 0.507 e. The molecule has 2 fully saturated rings. The molecule has 12 nitrogen and oxygen atoms in total. The molecule has 1 saturated heterocycles. The van der Waals surface area contributed by atoms with Crippen LogP contribution in [0.3, 0.4) is 0 Å². The second kappa shape index (κ2) is 9.73. The van der Waals surface area contributed by atoms with Gasteiger partial charge in [0.1, 0.15) is 23.7 Å². The number of Topliss-reactive ketones (excluding diaryl/α,β-unsaturated/α-hetero) is 4. The zero-order valence-electron chi connectivity index (χ0n) is 21.2. The van der Waals surface area contributed by atoms with Crippen LogP contribution in [-0.4, -0.2) is 93.5 Å². The quantitative estimate of drug-likeness (QED) is 0.303. The van der Waals surface area contributed by atoms with E-state index in [2.05, 4.69) is 0 Å². The van der Waals surface area contributed by atoms with Crippen LogP contribution >= 0.6 is 0 Å². The first-order valence-corrected chi connectivity index (χ1v) is 12.5. The molecule has 39 heavy (non-hydrogen) atoms. The molecular weight excluding hydrogens is 514 g/mol. The topological polar surface area (TPSA) is 203 Å². The van der Waals surface area contributed by atoms with Crippen LogP contribution in [0.25, 0.3) is 0 Å². The molecule has 1 aliphatic heterocycles. The number of methoxy groups -OCH3 is 1. The molecule has 6 N–H and O–H groups in total. The van der Waals surface area contributed by atoms with Crippen LogP contribution in [0.4, 0.5) is 0 Å². The number of benzene rings is 1. The van der Waals surface area contributed by atoms with Gasteiger partial charge in [-0.1, -0.05) is 12.1 Å². The van der Waals surface area contributed by atoms with Crippen LogP contribution in [0.2, 0.25) is 0 Å². The SMILES string of the molecule is COc1cccc2c1C(=O)C1=C(C2=O)C(O)=C2C[C@@](O)(C(=O)CO)C[C@H](O[C@H]3C[C@@H](N)[C@H](O)C(C)O3)C2C1=O. The van der Waals surface area contributed by atoms with Crippen molar-refractivity contribution in [1.82, 2.24) is 0 Å². The van der Waals surface area contributed by atoms with Crippen LogP contribution in [0, 0.1) is 5.92 Å². The number of ether oxygens (including phenoxy) is 3. The lowest BCUT2D eigenvalue weighted by atomic mass is 9.63. The van der Waals surface area contributed by atoms with E-state index in [1.165, 1.54) is 25.3 Å². The van der Waals surface area contributed by atoms with Gasteiger partial charge in [-0.2, -0.15) is 0 Å². The first-order chi connectivity index (χ1) is 18.4. The van der Waals surface area contributed by atoms with E-state index in [1.54, 1.807) is 6.92 Å². The summed E-state index contributed by atoms with van der Waals surface area (Å²) in [7, 11) is 1.31. The molecule has 5 rings (SSSR count). The third-order valence-corrected chi connectivity index (χ3v) is 8.00. The average molecular weight is 544 g/mol. The summed E-state index contributed by atoms with van der Waals surface area (Å²) in [5, 5.41) is 42.2. The highest BCUT2D eigenvalue weighted by Gasteiger charge is 2.56. The lowest BCUT2D eigenvalue weighted by Crippen LogP contribution is -2.57. The molecule has 208 valence electrons. The maximum atomic E-state index is 14.0. The van der Waals surface area contributed by atoms with E-state index in [0.29, 0.717) is 0 Å². The van der Waals surface area contributed by atoms with Crippen molar-refractivity contribution in [2.24, 2.45) is 11.7 Å². The van der Waals surface area contributed by atoms with Gasteiger partial charge in [0.25, 0.3) is 0 Å². The minimum Gasteiger partial charge on any atom is -0.507 e. The smallest absolute Gasteiger partial charge is 0.201 e. The monoisotopic (exact) mass is 543 g/mol. The van der Waals surface area contributed by atoms with E-state index < -0.39 is 102 Å². The molecule has 0 radical (unpaired) electrons. The fraction of sp³-hybridized carbons (Fsp3) is 0.481. The molecule has 4 aliphatic rings. The molecule has 0 bridgehead atoms. The van der Waals surface area contributed by atoms with E-state index in [4.69, 9.17) is 19.9 Å². The number of ketones is 4. The Hall–Kier alpha value is -3.26. The van der Waals surface area contributed by atoms with Crippen molar-refractivity contribution in [1.29, 1.82) is 0 Å². The summed E-state index contributed by atoms with van der Waals surface area (Å²) < 4.78 is 17.0. The fourth-order valence-electron chi connectivity index (χ4n) is 5.97. The fourth-order valence-corrected chi connectivity index (χ4v) is 5.97. The Morgan fingerprint density at radius 1 is 1.21 bits per heavy atom. The first kappa shape index (κ1) is 27.3. The third kappa shape index (κ3) is 4.15. The van der Waals surface area contributed by atoms with Crippen LogP contribution in [0.1, 0.15) is 46.9 Å². The molecule has 0 spiro atoms. The Balaban J connectivity index is 1.62. The van der Waals surface area contributed by atoms with E-state index in [9.17, 15) is 39.6 Å². The second-order valence-corrected chi connectivity index (χ2v) is 10.3. The van der Waals surface area contributed by atoms with Gasteiger partial charge in [-0.3, -0.25) is 19.2 Å². The van der Waals surface area contributed by atoms with Crippen molar-refractivity contribution in [2.75, 3.05) is 13.7 Å². The summed E-state index contributed by atoms with van der Waals surface area (Å²) in [5.41, 5.74) is 2.33. The highest BCUT2D eigenvalue weighted by molar-refractivity contribution is 6.39. The maximum Gasteiger partial charge on any atom is 0.201 e. The van der Waals surface area contributed by atoms with Gasteiger partial charge < -0.3 is 40.4 Å². The van der Waals surface area contributed by atoms with E-state index in [0.717, 1.165) is 0 Å². The molecule has 12 heteroatoms. The van der Waals surface area contributed by atoms with Gasteiger partial charge in [0.15, 0.2) is 23.6 Å². The number of rotatable bonds is 5. The summed E-state index contributed by atoms with van der Waals surface area (Å²) in [4.78, 5) is 53.7. The maximum absolute atomic E-state index is 14.0. The van der Waals surface area contributed by atoms with E-state index in [1.807, 2.05) is 0 Å². The lowest BCUT2D eigenvalue weighted by Gasteiger charge is -2.46. The molecule has 1 saturated carbocycles. The van der Waals surface area contributed by atoms with Crippen LogP contribution in [-0.2, 0) is 19.1 Å². The zero-order chi connectivity index (χ0) is 28.4. The number of aliphatic hydroxyl groups is 4. The van der Waals surface area contributed by atoms with Gasteiger partial charge in [0.05, 0.1) is 48.0 Å². The minimum atomic E-state index is -2.25.